The maximum absolute atomic E-state index is 13.0. The predicted molar refractivity (Wildman–Crippen MR) is 48.6 cm³/mol. The van der Waals surface area contributed by atoms with Gasteiger partial charge in [0.25, 0.3) is 0 Å². The summed E-state index contributed by atoms with van der Waals surface area (Å²) in [6, 6.07) is 0. The normalized spacial score (nSPS) is 15.8. The molecule has 0 fully saturated rings. The van der Waals surface area contributed by atoms with Crippen molar-refractivity contribution in [3.05, 3.63) is 0 Å². The monoisotopic (exact) mass is 412 g/mol. The summed E-state index contributed by atoms with van der Waals surface area (Å²) in [6.45, 7) is -3.67. The highest BCUT2D eigenvalue weighted by Crippen LogP contribution is 2.51. The fourth-order valence-corrected chi connectivity index (χ4v) is 1.28. The smallest absolute Gasteiger partial charge is 0.339 e. The number of halogens is 14. The van der Waals surface area contributed by atoms with E-state index in [2.05, 4.69) is 9.47 Å². The first-order chi connectivity index (χ1) is 10.7. The Hall–Kier alpha value is -1.06. The lowest BCUT2D eigenvalue weighted by atomic mass is 10.1. The highest BCUT2D eigenvalue weighted by Gasteiger charge is 2.78. The van der Waals surface area contributed by atoms with Crippen molar-refractivity contribution in [2.45, 2.75) is 42.3 Å². The molecule has 0 aromatic heterocycles. The quantitative estimate of drug-likeness (QED) is 0.448. The summed E-state index contributed by atoms with van der Waals surface area (Å²) in [6.07, 6.45) is -18.8. The van der Waals surface area contributed by atoms with Crippen LogP contribution in [0.3, 0.4) is 0 Å². The fraction of sp³-hybridized carbons (Fsp3) is 1.00. The topological polar surface area (TPSA) is 18.5 Å². The van der Waals surface area contributed by atoms with E-state index in [0.29, 0.717) is 0 Å². The number of ether oxygens (including phenoxy) is 2. The third-order valence-electron chi connectivity index (χ3n) is 2.64. The zero-order valence-corrected chi connectivity index (χ0v) is 11.4. The Labute approximate surface area is 128 Å². The van der Waals surface area contributed by atoms with E-state index in [4.69, 9.17) is 0 Å². The molecule has 0 bridgehead atoms. The van der Waals surface area contributed by atoms with Crippen molar-refractivity contribution in [1.29, 1.82) is 0 Å². The Bertz CT molecular complexity index is 436. The van der Waals surface area contributed by atoms with Crippen LogP contribution in [0.15, 0.2) is 0 Å². The molecule has 16 heteroatoms. The fourth-order valence-electron chi connectivity index (χ4n) is 1.28. The molecular weight excluding hydrogens is 406 g/mol. The van der Waals surface area contributed by atoms with Crippen molar-refractivity contribution < 1.29 is 70.9 Å². The number of hydrogen-bond acceptors (Lipinski definition) is 2. The van der Waals surface area contributed by atoms with Crippen LogP contribution in [0.2, 0.25) is 0 Å². The number of methoxy groups -OCH3 is 1. The van der Waals surface area contributed by atoms with Gasteiger partial charge in [-0.25, -0.2) is 8.78 Å². The minimum absolute atomic E-state index is 0.356. The van der Waals surface area contributed by atoms with Crippen molar-refractivity contribution in [2.24, 2.45) is 0 Å². The average molecular weight is 412 g/mol. The van der Waals surface area contributed by atoms with E-state index in [1.165, 1.54) is 0 Å². The molecule has 25 heavy (non-hydrogen) atoms. The Morgan fingerprint density at radius 1 is 0.720 bits per heavy atom. The Kier molecular flexibility index (Phi) is 6.31. The van der Waals surface area contributed by atoms with Crippen LogP contribution in [-0.2, 0) is 9.47 Å². The lowest BCUT2D eigenvalue weighted by Crippen LogP contribution is -2.64. The van der Waals surface area contributed by atoms with E-state index < -0.39 is 48.9 Å². The summed E-state index contributed by atoms with van der Waals surface area (Å²) in [5, 5.41) is 0. The summed E-state index contributed by atoms with van der Waals surface area (Å²) in [5.41, 5.74) is 0. The van der Waals surface area contributed by atoms with Crippen LogP contribution in [-0.4, -0.2) is 56.0 Å². The molecule has 0 saturated carbocycles. The van der Waals surface area contributed by atoms with Crippen molar-refractivity contribution in [2.75, 3.05) is 13.7 Å². The molecule has 0 radical (unpaired) electrons. The van der Waals surface area contributed by atoms with Crippen molar-refractivity contribution >= 4 is 0 Å². The predicted octanol–water partition coefficient (Wildman–Crippen LogP) is 4.64. The van der Waals surface area contributed by atoms with Gasteiger partial charge in [-0.15, -0.1) is 0 Å². The molecule has 0 aliphatic carbocycles. The van der Waals surface area contributed by atoms with Crippen LogP contribution in [0.25, 0.3) is 0 Å². The van der Waals surface area contributed by atoms with Gasteiger partial charge >= 0.3 is 42.3 Å². The van der Waals surface area contributed by atoms with E-state index in [0.717, 1.165) is 0 Å². The van der Waals surface area contributed by atoms with Gasteiger partial charge in [0.05, 0.1) is 0 Å². The van der Waals surface area contributed by atoms with Crippen LogP contribution in [0.1, 0.15) is 0 Å². The van der Waals surface area contributed by atoms with Crippen molar-refractivity contribution in [3.8, 4) is 0 Å². The first kappa shape index (κ1) is 23.9. The zero-order chi connectivity index (χ0) is 20.7. The first-order valence-corrected chi connectivity index (χ1v) is 5.45. The van der Waals surface area contributed by atoms with Gasteiger partial charge in [0.2, 0.25) is 0 Å². The standard InChI is InChI=1S/C9H6F14O2/c1-24-7(8(18,19)20,9(21,22)23)25-2-4(12,13)6(16,17)5(14,15)3(10)11/h3H,2H2,1H3. The largest absolute Gasteiger partial charge is 0.453 e. The molecule has 0 unspecified atom stereocenters. The van der Waals surface area contributed by atoms with E-state index in [-0.39, 0.29) is 7.11 Å². The molecule has 2 nitrogen and oxygen atoms in total. The molecule has 0 N–H and O–H groups in total. The van der Waals surface area contributed by atoms with Crippen LogP contribution < -0.4 is 0 Å². The number of hydrogen-bond donors (Lipinski definition) is 0. The van der Waals surface area contributed by atoms with Crippen LogP contribution in [0.4, 0.5) is 61.5 Å². The Morgan fingerprint density at radius 2 is 1.08 bits per heavy atom. The molecule has 0 atom stereocenters. The van der Waals surface area contributed by atoms with Gasteiger partial charge in [-0.2, -0.15) is 52.7 Å². The summed E-state index contributed by atoms with van der Waals surface area (Å²) in [4.78, 5) is 0. The third-order valence-corrected chi connectivity index (χ3v) is 2.64. The SMILES string of the molecule is COC(OCC(F)(F)C(F)(F)C(F)(F)C(F)F)(C(F)(F)F)C(F)(F)F. The van der Waals surface area contributed by atoms with E-state index >= 15 is 0 Å². The summed E-state index contributed by atoms with van der Waals surface area (Å²) < 4.78 is 180. The lowest BCUT2D eigenvalue weighted by Gasteiger charge is -2.38. The molecular formula is C9H6F14O2. The maximum Gasteiger partial charge on any atom is 0.453 e. The number of alkyl halides is 14. The van der Waals surface area contributed by atoms with Crippen LogP contribution >= 0.6 is 0 Å². The second-order valence-electron chi connectivity index (χ2n) is 4.31. The van der Waals surface area contributed by atoms with E-state index in [9.17, 15) is 61.5 Å². The zero-order valence-electron chi connectivity index (χ0n) is 11.4. The average Bonchev–Trinajstić information content (AvgIpc) is 2.35. The van der Waals surface area contributed by atoms with Gasteiger partial charge in [-0.3, -0.25) is 0 Å². The minimum atomic E-state index is -7.05. The van der Waals surface area contributed by atoms with Crippen molar-refractivity contribution in [1.82, 2.24) is 0 Å². The molecule has 0 saturated heterocycles. The second kappa shape index (κ2) is 6.59. The van der Waals surface area contributed by atoms with Gasteiger partial charge < -0.3 is 9.47 Å². The van der Waals surface area contributed by atoms with Gasteiger partial charge in [0.15, 0.2) is 0 Å². The molecule has 0 aromatic carbocycles. The molecule has 0 rings (SSSR count). The molecule has 152 valence electrons. The Morgan fingerprint density at radius 3 is 1.32 bits per heavy atom. The molecule has 0 aromatic rings. The lowest BCUT2D eigenvalue weighted by molar-refractivity contribution is -0.474. The first-order valence-electron chi connectivity index (χ1n) is 5.45. The van der Waals surface area contributed by atoms with Gasteiger partial charge in [0.1, 0.15) is 6.61 Å². The van der Waals surface area contributed by atoms with E-state index in [1.54, 1.807) is 0 Å². The minimum Gasteiger partial charge on any atom is -0.339 e. The van der Waals surface area contributed by atoms with E-state index in [1.807, 2.05) is 0 Å². The summed E-state index contributed by atoms with van der Waals surface area (Å²) in [7, 11) is -0.356. The van der Waals surface area contributed by atoms with Gasteiger partial charge in [0, 0.05) is 7.11 Å². The molecule has 0 aliphatic rings. The van der Waals surface area contributed by atoms with Crippen LogP contribution in [0, 0.1) is 0 Å². The summed E-state index contributed by atoms with van der Waals surface area (Å²) in [5.74, 6) is -26.3. The number of rotatable bonds is 7. The molecule has 0 heterocycles. The third kappa shape index (κ3) is 3.88. The highest BCUT2D eigenvalue weighted by atomic mass is 19.4. The van der Waals surface area contributed by atoms with Gasteiger partial charge in [-0.05, 0) is 0 Å². The van der Waals surface area contributed by atoms with Gasteiger partial charge in [-0.1, -0.05) is 0 Å². The molecule has 0 aliphatic heterocycles. The second-order valence-corrected chi connectivity index (χ2v) is 4.31. The maximum atomic E-state index is 13.0. The highest BCUT2D eigenvalue weighted by molar-refractivity contribution is 4.99. The Balaban J connectivity index is 5.84. The molecule has 0 amide bonds. The summed E-state index contributed by atoms with van der Waals surface area (Å²) >= 11 is 0. The van der Waals surface area contributed by atoms with Crippen molar-refractivity contribution in [3.63, 3.8) is 0 Å². The molecule has 0 spiro atoms. The van der Waals surface area contributed by atoms with Crippen LogP contribution in [0.5, 0.6) is 0 Å².